The molecule has 4 aliphatic carbocycles. The van der Waals surface area contributed by atoms with Crippen LogP contribution in [0.25, 0.3) is 0 Å². The fourth-order valence-electron chi connectivity index (χ4n) is 6.73. The largest absolute Gasteiger partial charge is 0.350 e. The van der Waals surface area contributed by atoms with Gasteiger partial charge < -0.3 is 15.5 Å². The first-order valence-electron chi connectivity index (χ1n) is 12.6. The summed E-state index contributed by atoms with van der Waals surface area (Å²) in [6, 6.07) is 14.1. The summed E-state index contributed by atoms with van der Waals surface area (Å²) >= 11 is 7.27. The number of carbonyl (C=O) groups excluding carboxylic acids is 3. The van der Waals surface area contributed by atoms with Crippen molar-refractivity contribution in [3.63, 3.8) is 0 Å². The second kappa shape index (κ2) is 10.5. The van der Waals surface area contributed by atoms with Gasteiger partial charge >= 0.3 is 0 Å². The third-order valence-electron chi connectivity index (χ3n) is 7.77. The van der Waals surface area contributed by atoms with E-state index in [4.69, 9.17) is 11.6 Å². The van der Waals surface area contributed by atoms with Crippen LogP contribution < -0.4 is 10.6 Å². The topological polar surface area (TPSA) is 78.5 Å². The number of carbonyl (C=O) groups is 3. The van der Waals surface area contributed by atoms with E-state index in [9.17, 15) is 14.4 Å². The monoisotopic (exact) mass is 525 g/mol. The van der Waals surface area contributed by atoms with E-state index in [0.717, 1.165) is 41.9 Å². The molecule has 4 saturated carbocycles. The number of benzene rings is 2. The van der Waals surface area contributed by atoms with Crippen molar-refractivity contribution >= 4 is 46.8 Å². The normalized spacial score (nSPS) is 25.9. The Morgan fingerprint density at radius 3 is 2.19 bits per heavy atom. The molecule has 0 aliphatic heterocycles. The fraction of sp³-hybridized carbons (Fsp3) is 0.464. The summed E-state index contributed by atoms with van der Waals surface area (Å²) in [6.07, 6.45) is 7.37. The Labute approximate surface area is 221 Å². The highest BCUT2D eigenvalue weighted by atomic mass is 35.5. The van der Waals surface area contributed by atoms with Crippen molar-refractivity contribution in [2.75, 3.05) is 24.7 Å². The lowest BCUT2D eigenvalue weighted by molar-refractivity contribution is -0.124. The van der Waals surface area contributed by atoms with Gasteiger partial charge in [0.05, 0.1) is 17.9 Å². The average Bonchev–Trinajstić information content (AvgIpc) is 2.82. The molecule has 190 valence electrons. The van der Waals surface area contributed by atoms with Gasteiger partial charge in [-0.05, 0) is 92.7 Å². The number of nitrogens with one attached hydrogen (secondary N) is 2. The van der Waals surface area contributed by atoms with E-state index in [2.05, 4.69) is 10.6 Å². The summed E-state index contributed by atoms with van der Waals surface area (Å²) < 4.78 is 0. The highest BCUT2D eigenvalue weighted by Gasteiger charge is 2.51. The lowest BCUT2D eigenvalue weighted by Gasteiger charge is -2.56. The molecule has 4 aliphatic rings. The first-order chi connectivity index (χ1) is 17.3. The third-order valence-corrected chi connectivity index (χ3v) is 9.10. The molecule has 2 aromatic carbocycles. The van der Waals surface area contributed by atoms with Crippen LogP contribution in [0.1, 0.15) is 48.9 Å². The van der Waals surface area contributed by atoms with Crippen LogP contribution in [0.4, 0.5) is 5.69 Å². The van der Waals surface area contributed by atoms with Gasteiger partial charge in [0, 0.05) is 28.2 Å². The van der Waals surface area contributed by atoms with Crippen LogP contribution in [0.5, 0.6) is 0 Å². The van der Waals surface area contributed by atoms with Crippen LogP contribution in [0.3, 0.4) is 0 Å². The molecule has 0 saturated heterocycles. The van der Waals surface area contributed by atoms with Crippen LogP contribution in [0, 0.1) is 17.8 Å². The van der Waals surface area contributed by atoms with E-state index in [1.165, 1.54) is 35.9 Å². The number of amides is 3. The van der Waals surface area contributed by atoms with Crippen LogP contribution >= 0.6 is 23.4 Å². The van der Waals surface area contributed by atoms with Crippen molar-refractivity contribution in [3.8, 4) is 0 Å². The van der Waals surface area contributed by atoms with Crippen molar-refractivity contribution in [1.82, 2.24) is 10.2 Å². The Morgan fingerprint density at radius 1 is 0.944 bits per heavy atom. The molecule has 0 atom stereocenters. The van der Waals surface area contributed by atoms with Crippen LogP contribution in [-0.2, 0) is 9.59 Å². The maximum absolute atomic E-state index is 13.2. The van der Waals surface area contributed by atoms with Gasteiger partial charge in [-0.25, -0.2) is 0 Å². The van der Waals surface area contributed by atoms with E-state index in [1.807, 2.05) is 12.1 Å². The molecule has 4 bridgehead atoms. The van der Waals surface area contributed by atoms with Gasteiger partial charge in [0.15, 0.2) is 0 Å². The Kier molecular flexibility index (Phi) is 7.31. The number of anilines is 1. The molecule has 0 radical (unpaired) electrons. The first-order valence-corrected chi connectivity index (χ1v) is 14.0. The fourth-order valence-corrected chi connectivity index (χ4v) is 7.71. The molecule has 8 heteroatoms. The lowest BCUT2D eigenvalue weighted by atomic mass is 9.53. The Hall–Kier alpha value is -2.51. The smallest absolute Gasteiger partial charge is 0.255 e. The predicted octanol–water partition coefficient (Wildman–Crippen LogP) is 5.23. The number of hydrogen-bond acceptors (Lipinski definition) is 4. The van der Waals surface area contributed by atoms with Crippen molar-refractivity contribution in [2.24, 2.45) is 17.8 Å². The molecular formula is C28H32ClN3O3S. The lowest BCUT2D eigenvalue weighted by Crippen LogP contribution is -2.60. The summed E-state index contributed by atoms with van der Waals surface area (Å²) in [5.41, 5.74) is 1.09. The second-order valence-electron chi connectivity index (χ2n) is 10.7. The molecule has 4 fully saturated rings. The molecular weight excluding hydrogens is 494 g/mol. The molecule has 2 aromatic rings. The molecule has 0 unspecified atom stereocenters. The van der Waals surface area contributed by atoms with Gasteiger partial charge in [-0.1, -0.05) is 23.7 Å². The van der Waals surface area contributed by atoms with Gasteiger partial charge in [-0.2, -0.15) is 0 Å². The standard InChI is InChI=1S/C28H32ClN3O3S/c1-32(16-25(33)30-22-8-6-21(29)7-9-22)27(35)23-4-2-3-5-24(23)36-17-26(34)31-28-13-18-10-19(14-28)12-20(11-18)15-28/h2-9,18-20H,10-17H2,1H3,(H,30,33)(H,31,34). The summed E-state index contributed by atoms with van der Waals surface area (Å²) in [4.78, 5) is 40.7. The van der Waals surface area contributed by atoms with Gasteiger partial charge in [0.2, 0.25) is 11.8 Å². The van der Waals surface area contributed by atoms with Crippen molar-refractivity contribution in [3.05, 3.63) is 59.1 Å². The van der Waals surface area contributed by atoms with Gasteiger partial charge in [-0.3, -0.25) is 14.4 Å². The minimum atomic E-state index is -0.298. The summed E-state index contributed by atoms with van der Waals surface area (Å²) in [5, 5.41) is 6.76. The highest BCUT2D eigenvalue weighted by Crippen LogP contribution is 2.55. The number of likely N-dealkylation sites (N-methyl/N-ethyl adjacent to an activating group) is 1. The SMILES string of the molecule is CN(CC(=O)Nc1ccc(Cl)cc1)C(=O)c1ccccc1SCC(=O)NC12CC3CC(CC(C3)C1)C2. The van der Waals surface area contributed by atoms with E-state index in [-0.39, 0.29) is 35.6 Å². The summed E-state index contributed by atoms with van der Waals surface area (Å²) in [7, 11) is 1.60. The predicted molar refractivity (Wildman–Crippen MR) is 143 cm³/mol. The zero-order valence-corrected chi connectivity index (χ0v) is 22.0. The molecule has 6 rings (SSSR count). The third kappa shape index (κ3) is 5.73. The Morgan fingerprint density at radius 2 is 1.56 bits per heavy atom. The minimum absolute atomic E-state index is 0.0145. The zero-order chi connectivity index (χ0) is 25.3. The maximum Gasteiger partial charge on any atom is 0.255 e. The number of halogens is 1. The summed E-state index contributed by atoms with van der Waals surface area (Å²) in [5.74, 6) is 2.08. The van der Waals surface area contributed by atoms with E-state index >= 15 is 0 Å². The van der Waals surface area contributed by atoms with Crippen LogP contribution in [0.15, 0.2) is 53.4 Å². The first kappa shape index (κ1) is 25.2. The highest BCUT2D eigenvalue weighted by molar-refractivity contribution is 8.00. The van der Waals surface area contributed by atoms with Crippen molar-refractivity contribution < 1.29 is 14.4 Å². The number of rotatable bonds is 8. The summed E-state index contributed by atoms with van der Waals surface area (Å²) in [6.45, 7) is -0.0903. The molecule has 6 nitrogen and oxygen atoms in total. The van der Waals surface area contributed by atoms with E-state index in [0.29, 0.717) is 16.3 Å². The van der Waals surface area contributed by atoms with Gasteiger partial charge in [0.1, 0.15) is 0 Å². The quantitative estimate of drug-likeness (QED) is 0.463. The number of nitrogens with zero attached hydrogens (tertiary/aromatic N) is 1. The molecule has 3 amide bonds. The number of thioether (sulfide) groups is 1. The average molecular weight is 526 g/mol. The van der Waals surface area contributed by atoms with Gasteiger partial charge in [0.25, 0.3) is 5.91 Å². The van der Waals surface area contributed by atoms with E-state index in [1.54, 1.807) is 43.4 Å². The maximum atomic E-state index is 13.2. The Bertz CT molecular complexity index is 1120. The minimum Gasteiger partial charge on any atom is -0.350 e. The second-order valence-corrected chi connectivity index (χ2v) is 12.2. The zero-order valence-electron chi connectivity index (χ0n) is 20.5. The van der Waals surface area contributed by atoms with Crippen molar-refractivity contribution in [1.29, 1.82) is 0 Å². The molecule has 0 heterocycles. The van der Waals surface area contributed by atoms with Crippen LogP contribution in [0.2, 0.25) is 5.02 Å². The van der Waals surface area contributed by atoms with Gasteiger partial charge in [-0.15, -0.1) is 11.8 Å². The molecule has 2 N–H and O–H groups in total. The van der Waals surface area contributed by atoms with Crippen molar-refractivity contribution in [2.45, 2.75) is 49.0 Å². The molecule has 0 aromatic heterocycles. The Balaban J connectivity index is 1.16. The van der Waals surface area contributed by atoms with Crippen LogP contribution in [-0.4, -0.2) is 47.5 Å². The molecule has 0 spiro atoms. The van der Waals surface area contributed by atoms with E-state index < -0.39 is 0 Å². The molecule has 36 heavy (non-hydrogen) atoms. The number of hydrogen-bond donors (Lipinski definition) is 2.